The van der Waals surface area contributed by atoms with Crippen LogP contribution >= 0.6 is 11.6 Å². The Morgan fingerprint density at radius 3 is 2.81 bits per heavy atom. The number of amides is 2. The van der Waals surface area contributed by atoms with Crippen LogP contribution in [0.1, 0.15) is 17.4 Å². The first kappa shape index (κ1) is 16.4. The first-order chi connectivity index (χ1) is 9.99. The van der Waals surface area contributed by atoms with Crippen molar-refractivity contribution < 1.29 is 14.3 Å². The Hall–Kier alpha value is -2.62. The minimum Gasteiger partial charge on any atom is -0.449 e. The molecule has 0 aliphatic carbocycles. The lowest BCUT2D eigenvalue weighted by Crippen LogP contribution is -2.27. The lowest BCUT2D eigenvalue weighted by Gasteiger charge is -2.07. The maximum Gasteiger partial charge on any atom is 0.427 e. The Kier molecular flexibility index (Phi) is 6.14. The molecule has 0 radical (unpaired) electrons. The molecule has 0 bridgehead atoms. The molecule has 0 aliphatic rings. The number of anilines is 2. The second-order valence-corrected chi connectivity index (χ2v) is 3.77. The molecule has 0 fully saturated rings. The number of nitrogen functional groups attached to an aromatic ring is 1. The summed E-state index contributed by atoms with van der Waals surface area (Å²) in [6, 6.07) is 0. The number of ether oxygens (including phenoxy) is 1. The summed E-state index contributed by atoms with van der Waals surface area (Å²) in [5.41, 5.74) is 7.45. The van der Waals surface area contributed by atoms with Crippen LogP contribution in [-0.4, -0.2) is 42.0 Å². The summed E-state index contributed by atoms with van der Waals surface area (Å²) in [5, 5.41) is 8.34. The highest BCUT2D eigenvalue weighted by Gasteiger charge is 2.15. The van der Waals surface area contributed by atoms with Crippen molar-refractivity contribution in [2.75, 3.05) is 24.7 Å². The SMILES string of the molecule is CCOC(=O)NN=CNC(=O)c1nc(Cl)c(NC)nc1N. The van der Waals surface area contributed by atoms with Gasteiger partial charge in [-0.05, 0) is 6.92 Å². The Bertz CT molecular complexity index is 564. The van der Waals surface area contributed by atoms with E-state index < -0.39 is 12.0 Å². The molecule has 1 aromatic rings. The third kappa shape index (κ3) is 4.76. The van der Waals surface area contributed by atoms with Crippen molar-refractivity contribution in [1.29, 1.82) is 0 Å². The van der Waals surface area contributed by atoms with E-state index in [2.05, 4.69) is 30.4 Å². The third-order valence-corrected chi connectivity index (χ3v) is 2.29. The van der Waals surface area contributed by atoms with Crippen molar-refractivity contribution in [3.8, 4) is 0 Å². The van der Waals surface area contributed by atoms with Gasteiger partial charge in [0.05, 0.1) is 6.61 Å². The number of halogens is 1. The predicted molar refractivity (Wildman–Crippen MR) is 77.1 cm³/mol. The summed E-state index contributed by atoms with van der Waals surface area (Å²) < 4.78 is 4.55. The molecule has 11 heteroatoms. The second-order valence-electron chi connectivity index (χ2n) is 3.41. The summed E-state index contributed by atoms with van der Waals surface area (Å²) in [6.45, 7) is 1.85. The maximum atomic E-state index is 11.8. The van der Waals surface area contributed by atoms with Gasteiger partial charge in [-0.1, -0.05) is 11.6 Å². The fourth-order valence-electron chi connectivity index (χ4n) is 1.16. The van der Waals surface area contributed by atoms with Gasteiger partial charge in [-0.15, -0.1) is 0 Å². The number of carbonyl (C=O) groups is 2. The lowest BCUT2D eigenvalue weighted by atomic mass is 10.4. The van der Waals surface area contributed by atoms with Crippen molar-refractivity contribution in [2.24, 2.45) is 5.10 Å². The van der Waals surface area contributed by atoms with Crippen molar-refractivity contribution >= 4 is 41.6 Å². The number of hydrogen-bond acceptors (Lipinski definition) is 8. The Morgan fingerprint density at radius 2 is 2.19 bits per heavy atom. The molecule has 1 heterocycles. The van der Waals surface area contributed by atoms with E-state index >= 15 is 0 Å². The molecule has 0 saturated heterocycles. The average molecular weight is 316 g/mol. The average Bonchev–Trinajstić information content (AvgIpc) is 2.45. The van der Waals surface area contributed by atoms with Gasteiger partial charge in [-0.3, -0.25) is 4.79 Å². The van der Waals surface area contributed by atoms with E-state index in [4.69, 9.17) is 17.3 Å². The molecular weight excluding hydrogens is 302 g/mol. The number of hydrazone groups is 1. The monoisotopic (exact) mass is 315 g/mol. The summed E-state index contributed by atoms with van der Waals surface area (Å²) in [6.07, 6.45) is 0.198. The van der Waals surface area contributed by atoms with Crippen molar-refractivity contribution in [3.05, 3.63) is 10.8 Å². The number of rotatable bonds is 5. The number of nitrogens with two attached hydrogens (primary N) is 1. The van der Waals surface area contributed by atoms with Gasteiger partial charge < -0.3 is 21.1 Å². The van der Waals surface area contributed by atoms with E-state index in [1.165, 1.54) is 0 Å². The van der Waals surface area contributed by atoms with Crippen LogP contribution in [0, 0.1) is 0 Å². The number of carbonyl (C=O) groups excluding carboxylic acids is 2. The minimum absolute atomic E-state index is 0.00145. The van der Waals surface area contributed by atoms with Gasteiger partial charge in [0.15, 0.2) is 22.5 Å². The zero-order chi connectivity index (χ0) is 15.8. The van der Waals surface area contributed by atoms with Crippen LogP contribution in [0.2, 0.25) is 5.15 Å². The Labute approximate surface area is 125 Å². The van der Waals surface area contributed by atoms with Gasteiger partial charge in [0.1, 0.15) is 6.34 Å². The van der Waals surface area contributed by atoms with E-state index in [-0.39, 0.29) is 29.1 Å². The lowest BCUT2D eigenvalue weighted by molar-refractivity contribution is 0.0973. The zero-order valence-corrected chi connectivity index (χ0v) is 12.1. The standard InChI is InChI=1S/C10H14ClN7O3/c1-3-21-10(20)18-15-4-14-9(19)5-7(12)17-8(13-2)6(11)16-5/h4H,3H2,1-2H3,(H,18,20)(H3,12,13,17)(H,14,15,19). The van der Waals surface area contributed by atoms with Gasteiger partial charge >= 0.3 is 6.09 Å². The molecule has 1 aromatic heterocycles. The molecule has 5 N–H and O–H groups in total. The number of hydrogen-bond donors (Lipinski definition) is 4. The fraction of sp³-hybridized carbons (Fsp3) is 0.300. The van der Waals surface area contributed by atoms with Crippen molar-refractivity contribution in [3.63, 3.8) is 0 Å². The van der Waals surface area contributed by atoms with Gasteiger partial charge in [-0.25, -0.2) is 20.2 Å². The summed E-state index contributed by atoms with van der Waals surface area (Å²) in [4.78, 5) is 30.4. The highest BCUT2D eigenvalue weighted by atomic mass is 35.5. The highest BCUT2D eigenvalue weighted by molar-refractivity contribution is 6.32. The van der Waals surface area contributed by atoms with Crippen LogP contribution in [0.15, 0.2) is 5.10 Å². The minimum atomic E-state index is -0.747. The molecule has 114 valence electrons. The van der Waals surface area contributed by atoms with Gasteiger partial charge in [-0.2, -0.15) is 5.10 Å². The smallest absolute Gasteiger partial charge is 0.427 e. The van der Waals surface area contributed by atoms with Crippen LogP contribution in [0.3, 0.4) is 0 Å². The fourth-order valence-corrected chi connectivity index (χ4v) is 1.38. The van der Waals surface area contributed by atoms with Gasteiger partial charge in [0, 0.05) is 7.05 Å². The molecular formula is C10H14ClN7O3. The van der Waals surface area contributed by atoms with Crippen LogP contribution in [-0.2, 0) is 4.74 Å². The molecule has 1 rings (SSSR count). The van der Waals surface area contributed by atoms with Crippen LogP contribution < -0.4 is 21.8 Å². The number of nitrogens with zero attached hydrogens (tertiary/aromatic N) is 3. The normalized spacial score (nSPS) is 10.2. The zero-order valence-electron chi connectivity index (χ0n) is 11.3. The van der Waals surface area contributed by atoms with Crippen LogP contribution in [0.25, 0.3) is 0 Å². The quantitative estimate of drug-likeness (QED) is 0.344. The van der Waals surface area contributed by atoms with E-state index in [1.807, 2.05) is 5.43 Å². The molecule has 0 spiro atoms. The number of nitrogens with one attached hydrogen (secondary N) is 3. The molecule has 0 saturated carbocycles. The van der Waals surface area contributed by atoms with Gasteiger partial charge in [0.25, 0.3) is 5.91 Å². The first-order valence-electron chi connectivity index (χ1n) is 5.75. The summed E-state index contributed by atoms with van der Waals surface area (Å²) in [5.74, 6) is -0.532. The largest absolute Gasteiger partial charge is 0.449 e. The topological polar surface area (TPSA) is 144 Å². The Morgan fingerprint density at radius 1 is 1.48 bits per heavy atom. The first-order valence-corrected chi connectivity index (χ1v) is 6.13. The molecule has 0 aromatic carbocycles. The van der Waals surface area contributed by atoms with Crippen molar-refractivity contribution in [2.45, 2.75) is 6.92 Å². The molecule has 0 atom stereocenters. The third-order valence-electron chi connectivity index (χ3n) is 2.02. The molecule has 2 amide bonds. The van der Waals surface area contributed by atoms with Crippen LogP contribution in [0.5, 0.6) is 0 Å². The molecule has 0 unspecified atom stereocenters. The van der Waals surface area contributed by atoms with E-state index in [0.29, 0.717) is 0 Å². The van der Waals surface area contributed by atoms with Crippen molar-refractivity contribution in [1.82, 2.24) is 20.7 Å². The van der Waals surface area contributed by atoms with E-state index in [1.54, 1.807) is 14.0 Å². The Balaban J connectivity index is 2.66. The molecule has 10 nitrogen and oxygen atoms in total. The second kappa shape index (κ2) is 7.85. The summed E-state index contributed by atoms with van der Waals surface area (Å²) >= 11 is 5.80. The van der Waals surface area contributed by atoms with Crippen LogP contribution in [0.4, 0.5) is 16.4 Å². The van der Waals surface area contributed by atoms with E-state index in [0.717, 1.165) is 6.34 Å². The summed E-state index contributed by atoms with van der Waals surface area (Å²) in [7, 11) is 1.59. The maximum absolute atomic E-state index is 11.8. The predicted octanol–water partition coefficient (Wildman–Crippen LogP) is 0.173. The van der Waals surface area contributed by atoms with Gasteiger partial charge in [0.2, 0.25) is 0 Å². The van der Waals surface area contributed by atoms with E-state index in [9.17, 15) is 9.59 Å². The molecule has 0 aliphatic heterocycles. The number of aromatic nitrogens is 2. The highest BCUT2D eigenvalue weighted by Crippen LogP contribution is 2.19. The molecule has 21 heavy (non-hydrogen) atoms.